The van der Waals surface area contributed by atoms with Crippen molar-refractivity contribution in [3.8, 4) is 11.8 Å². The lowest BCUT2D eigenvalue weighted by Gasteiger charge is -2.06. The summed E-state index contributed by atoms with van der Waals surface area (Å²) in [4.78, 5) is 7.73. The van der Waals surface area contributed by atoms with Gasteiger partial charge in [-0.15, -0.1) is 0 Å². The molecule has 0 spiro atoms. The Kier molecular flexibility index (Phi) is 2.68. The smallest absolute Gasteiger partial charge is 0.323 e. The second-order valence-electron chi connectivity index (χ2n) is 3.28. The normalized spacial score (nSPS) is 10.1. The number of benzene rings is 1. The highest BCUT2D eigenvalue weighted by molar-refractivity contribution is 5.35. The monoisotopic (exact) mass is 219 g/mol. The second kappa shape index (κ2) is 4.14. The SMILES string of the molecule is Cc1ccc(F)cc1Oc1nccc(N)n1. The Morgan fingerprint density at radius 1 is 1.31 bits per heavy atom. The Morgan fingerprint density at radius 3 is 2.88 bits per heavy atom. The molecular formula is C11H10FN3O. The summed E-state index contributed by atoms with van der Waals surface area (Å²) < 4.78 is 18.3. The first kappa shape index (κ1) is 10.4. The van der Waals surface area contributed by atoms with Crippen LogP contribution in [0.2, 0.25) is 0 Å². The molecule has 0 aliphatic carbocycles. The fraction of sp³-hybridized carbons (Fsp3) is 0.0909. The molecule has 0 aliphatic rings. The molecule has 0 atom stereocenters. The molecule has 0 saturated heterocycles. The number of ether oxygens (including phenoxy) is 1. The van der Waals surface area contributed by atoms with Gasteiger partial charge in [-0.3, -0.25) is 0 Å². The number of nitrogen functional groups attached to an aromatic ring is 1. The van der Waals surface area contributed by atoms with Crippen LogP contribution in [0.15, 0.2) is 30.5 Å². The molecule has 1 aromatic heterocycles. The Hall–Kier alpha value is -2.17. The van der Waals surface area contributed by atoms with Crippen LogP contribution in [0.3, 0.4) is 0 Å². The van der Waals surface area contributed by atoms with Crippen molar-refractivity contribution in [3.05, 3.63) is 41.8 Å². The predicted molar refractivity (Wildman–Crippen MR) is 57.7 cm³/mol. The average Bonchev–Trinajstić information content (AvgIpc) is 2.24. The van der Waals surface area contributed by atoms with Gasteiger partial charge >= 0.3 is 6.01 Å². The van der Waals surface area contributed by atoms with Gasteiger partial charge in [0.05, 0.1) is 0 Å². The predicted octanol–water partition coefficient (Wildman–Crippen LogP) is 2.30. The van der Waals surface area contributed by atoms with Gasteiger partial charge in [-0.25, -0.2) is 9.37 Å². The molecular weight excluding hydrogens is 209 g/mol. The molecule has 82 valence electrons. The molecule has 0 fully saturated rings. The van der Waals surface area contributed by atoms with E-state index in [9.17, 15) is 4.39 Å². The first-order valence-corrected chi connectivity index (χ1v) is 4.67. The van der Waals surface area contributed by atoms with Crippen LogP contribution in [-0.2, 0) is 0 Å². The van der Waals surface area contributed by atoms with Crippen molar-refractivity contribution in [1.29, 1.82) is 0 Å². The van der Waals surface area contributed by atoms with E-state index < -0.39 is 0 Å². The molecule has 0 radical (unpaired) electrons. The fourth-order valence-corrected chi connectivity index (χ4v) is 1.19. The topological polar surface area (TPSA) is 61.0 Å². The van der Waals surface area contributed by atoms with Crippen LogP contribution in [0.1, 0.15) is 5.56 Å². The Bertz CT molecular complexity index is 516. The van der Waals surface area contributed by atoms with E-state index >= 15 is 0 Å². The van der Waals surface area contributed by atoms with Gasteiger partial charge in [0.25, 0.3) is 0 Å². The van der Waals surface area contributed by atoms with Gasteiger partial charge in [0, 0.05) is 12.3 Å². The van der Waals surface area contributed by atoms with Crippen molar-refractivity contribution in [2.45, 2.75) is 6.92 Å². The highest BCUT2D eigenvalue weighted by Gasteiger charge is 2.05. The molecule has 0 saturated carbocycles. The van der Waals surface area contributed by atoms with E-state index in [2.05, 4.69) is 9.97 Å². The number of anilines is 1. The lowest BCUT2D eigenvalue weighted by atomic mass is 10.2. The largest absolute Gasteiger partial charge is 0.424 e. The van der Waals surface area contributed by atoms with Crippen molar-refractivity contribution < 1.29 is 9.13 Å². The molecule has 0 unspecified atom stereocenters. The molecule has 2 N–H and O–H groups in total. The Morgan fingerprint density at radius 2 is 2.12 bits per heavy atom. The fourth-order valence-electron chi connectivity index (χ4n) is 1.19. The number of nitrogens with two attached hydrogens (primary N) is 1. The first-order valence-electron chi connectivity index (χ1n) is 4.67. The summed E-state index contributed by atoms with van der Waals surface area (Å²) >= 11 is 0. The standard InChI is InChI=1S/C11H10FN3O/c1-7-2-3-8(12)6-9(7)16-11-14-5-4-10(13)15-11/h2-6H,1H3,(H2,13,14,15). The van der Waals surface area contributed by atoms with E-state index in [0.29, 0.717) is 11.6 Å². The maximum absolute atomic E-state index is 13.0. The van der Waals surface area contributed by atoms with Crippen LogP contribution < -0.4 is 10.5 Å². The number of nitrogens with zero attached hydrogens (tertiary/aromatic N) is 2. The summed E-state index contributed by atoms with van der Waals surface area (Å²) in [6.45, 7) is 1.81. The summed E-state index contributed by atoms with van der Waals surface area (Å²) in [5.41, 5.74) is 6.27. The lowest BCUT2D eigenvalue weighted by Crippen LogP contribution is -1.97. The molecule has 4 nitrogen and oxygen atoms in total. The van der Waals surface area contributed by atoms with E-state index in [1.54, 1.807) is 19.1 Å². The van der Waals surface area contributed by atoms with Gasteiger partial charge in [-0.05, 0) is 24.6 Å². The number of rotatable bonds is 2. The van der Waals surface area contributed by atoms with E-state index in [-0.39, 0.29) is 11.8 Å². The maximum atomic E-state index is 13.0. The average molecular weight is 219 g/mol. The second-order valence-corrected chi connectivity index (χ2v) is 3.28. The Balaban J connectivity index is 2.30. The van der Waals surface area contributed by atoms with Crippen molar-refractivity contribution in [2.75, 3.05) is 5.73 Å². The highest BCUT2D eigenvalue weighted by Crippen LogP contribution is 2.23. The van der Waals surface area contributed by atoms with Crippen molar-refractivity contribution in [2.24, 2.45) is 0 Å². The molecule has 2 rings (SSSR count). The Labute approximate surface area is 91.9 Å². The van der Waals surface area contributed by atoms with Crippen LogP contribution in [0.5, 0.6) is 11.8 Å². The molecule has 2 aromatic rings. The van der Waals surface area contributed by atoms with Crippen LogP contribution >= 0.6 is 0 Å². The third-order valence-corrected chi connectivity index (χ3v) is 2.01. The number of hydrogen-bond acceptors (Lipinski definition) is 4. The van der Waals surface area contributed by atoms with Gasteiger partial charge in [-0.1, -0.05) is 6.07 Å². The first-order chi connectivity index (χ1) is 7.65. The highest BCUT2D eigenvalue weighted by atomic mass is 19.1. The number of hydrogen-bond donors (Lipinski definition) is 1. The summed E-state index contributed by atoms with van der Waals surface area (Å²) in [6, 6.07) is 5.92. The molecule has 16 heavy (non-hydrogen) atoms. The van der Waals surface area contributed by atoms with Crippen LogP contribution in [0.4, 0.5) is 10.2 Å². The summed E-state index contributed by atoms with van der Waals surface area (Å²) in [5, 5.41) is 0. The minimum atomic E-state index is -0.371. The zero-order chi connectivity index (χ0) is 11.5. The minimum absolute atomic E-state index is 0.105. The molecule has 1 heterocycles. The lowest BCUT2D eigenvalue weighted by molar-refractivity contribution is 0.435. The van der Waals surface area contributed by atoms with Crippen molar-refractivity contribution in [3.63, 3.8) is 0 Å². The number of halogens is 1. The van der Waals surface area contributed by atoms with Gasteiger partial charge in [0.15, 0.2) is 0 Å². The zero-order valence-corrected chi connectivity index (χ0v) is 8.64. The van der Waals surface area contributed by atoms with Gasteiger partial charge < -0.3 is 10.5 Å². The van der Waals surface area contributed by atoms with E-state index in [1.165, 1.54) is 18.3 Å². The summed E-state index contributed by atoms with van der Waals surface area (Å²) in [5.74, 6) is 0.314. The molecule has 1 aromatic carbocycles. The van der Waals surface area contributed by atoms with Crippen molar-refractivity contribution >= 4 is 5.82 Å². The molecule has 0 aliphatic heterocycles. The molecule has 0 amide bonds. The number of aromatic nitrogens is 2. The third kappa shape index (κ3) is 2.25. The van der Waals surface area contributed by atoms with Crippen LogP contribution in [-0.4, -0.2) is 9.97 Å². The van der Waals surface area contributed by atoms with Crippen LogP contribution in [0.25, 0.3) is 0 Å². The molecule has 0 bridgehead atoms. The van der Waals surface area contributed by atoms with E-state index in [4.69, 9.17) is 10.5 Å². The molecule has 5 heteroatoms. The summed E-state index contributed by atoms with van der Waals surface area (Å²) in [6.07, 6.45) is 1.48. The van der Waals surface area contributed by atoms with Crippen LogP contribution in [0, 0.1) is 12.7 Å². The third-order valence-electron chi connectivity index (χ3n) is 2.01. The van der Waals surface area contributed by atoms with Gasteiger partial charge in [0.1, 0.15) is 17.4 Å². The zero-order valence-electron chi connectivity index (χ0n) is 8.64. The van der Waals surface area contributed by atoms with E-state index in [0.717, 1.165) is 5.56 Å². The van der Waals surface area contributed by atoms with Gasteiger partial charge in [-0.2, -0.15) is 4.98 Å². The number of aryl methyl sites for hydroxylation is 1. The minimum Gasteiger partial charge on any atom is -0.424 e. The van der Waals surface area contributed by atoms with E-state index in [1.807, 2.05) is 0 Å². The quantitative estimate of drug-likeness (QED) is 0.841. The maximum Gasteiger partial charge on any atom is 0.323 e. The summed E-state index contributed by atoms with van der Waals surface area (Å²) in [7, 11) is 0. The van der Waals surface area contributed by atoms with Crippen molar-refractivity contribution in [1.82, 2.24) is 9.97 Å². The van der Waals surface area contributed by atoms with Gasteiger partial charge in [0.2, 0.25) is 0 Å².